The Kier molecular flexibility index (Phi) is 7.97. The zero-order valence-corrected chi connectivity index (χ0v) is 24.5. The number of aryl methyl sites for hydroxylation is 2. The van der Waals surface area contributed by atoms with Crippen molar-refractivity contribution in [1.29, 1.82) is 0 Å². The highest BCUT2D eigenvalue weighted by Gasteiger charge is 2.40. The van der Waals surface area contributed by atoms with Gasteiger partial charge in [0.05, 0.1) is 6.04 Å². The number of piperidine rings is 2. The SMILES string of the molecule is CC(=O)N1CCC(CC(=O)N2CCC([C@@H]3c4c(Br)cc(C)cc4CCC4=CC(Br)=CNC43)CC2)CC1. The molecule has 3 heterocycles. The Morgan fingerprint density at radius 3 is 2.39 bits per heavy atom. The molecule has 3 aliphatic heterocycles. The normalized spacial score (nSPS) is 25.2. The molecule has 1 N–H and O–H groups in total. The van der Waals surface area contributed by atoms with Crippen molar-refractivity contribution in [2.75, 3.05) is 26.2 Å². The number of carbonyl (C=O) groups excluding carboxylic acids is 2. The van der Waals surface area contributed by atoms with Crippen LogP contribution < -0.4 is 5.32 Å². The number of allylic oxidation sites excluding steroid dienone is 2. The molecule has 1 unspecified atom stereocenters. The summed E-state index contributed by atoms with van der Waals surface area (Å²) >= 11 is 7.62. The number of halogens is 2. The first-order valence-corrected chi connectivity index (χ1v) is 15.0. The van der Waals surface area contributed by atoms with Gasteiger partial charge in [0.15, 0.2) is 0 Å². The van der Waals surface area contributed by atoms with Crippen molar-refractivity contribution in [2.24, 2.45) is 11.8 Å². The molecular weight excluding hydrogens is 582 g/mol. The van der Waals surface area contributed by atoms with E-state index in [1.807, 2.05) is 4.90 Å². The minimum absolute atomic E-state index is 0.150. The van der Waals surface area contributed by atoms with Crippen LogP contribution in [0.15, 0.2) is 38.9 Å². The Bertz CT molecular complexity index is 1080. The van der Waals surface area contributed by atoms with Crippen LogP contribution in [0.3, 0.4) is 0 Å². The van der Waals surface area contributed by atoms with Crippen LogP contribution in [-0.2, 0) is 16.0 Å². The van der Waals surface area contributed by atoms with E-state index in [-0.39, 0.29) is 5.91 Å². The van der Waals surface area contributed by atoms with E-state index in [0.717, 1.165) is 69.2 Å². The highest BCUT2D eigenvalue weighted by Crippen LogP contribution is 2.46. The molecule has 5 nitrogen and oxygen atoms in total. The fraction of sp³-hybridized carbons (Fsp3) is 0.586. The van der Waals surface area contributed by atoms with Gasteiger partial charge in [0.25, 0.3) is 0 Å². The molecule has 2 fully saturated rings. The van der Waals surface area contributed by atoms with Crippen molar-refractivity contribution in [2.45, 2.75) is 70.8 Å². The molecule has 0 bridgehead atoms. The third-order valence-corrected chi connectivity index (χ3v) is 9.90. The number of nitrogens with zero attached hydrogens (tertiary/aromatic N) is 2. The second-order valence-corrected chi connectivity index (χ2v) is 12.9. The maximum absolute atomic E-state index is 13.2. The lowest BCUT2D eigenvalue weighted by Crippen LogP contribution is -2.45. The van der Waals surface area contributed by atoms with Crippen LogP contribution in [0.1, 0.15) is 68.1 Å². The number of hydrogen-bond acceptors (Lipinski definition) is 3. The van der Waals surface area contributed by atoms with E-state index in [4.69, 9.17) is 0 Å². The summed E-state index contributed by atoms with van der Waals surface area (Å²) in [7, 11) is 0. The molecule has 0 spiro atoms. The van der Waals surface area contributed by atoms with Crippen LogP contribution in [0.2, 0.25) is 0 Å². The van der Waals surface area contributed by atoms with Crippen molar-refractivity contribution in [3.05, 3.63) is 55.6 Å². The second kappa shape index (κ2) is 11.0. The average molecular weight is 619 g/mol. The first kappa shape index (κ1) is 26.0. The fourth-order valence-corrected chi connectivity index (χ4v) is 8.15. The molecule has 7 heteroatoms. The second-order valence-electron chi connectivity index (χ2n) is 11.1. The van der Waals surface area contributed by atoms with Crippen molar-refractivity contribution in [3.63, 3.8) is 0 Å². The molecule has 1 aromatic rings. The molecule has 2 atom stereocenters. The molecular formula is C29H37Br2N3O2. The summed E-state index contributed by atoms with van der Waals surface area (Å²) in [4.78, 5) is 28.8. The van der Waals surface area contributed by atoms with E-state index < -0.39 is 0 Å². The van der Waals surface area contributed by atoms with Gasteiger partial charge in [-0.15, -0.1) is 0 Å². The number of likely N-dealkylation sites (tertiary alicyclic amines) is 2. The highest BCUT2D eigenvalue weighted by molar-refractivity contribution is 9.12. The van der Waals surface area contributed by atoms with E-state index in [0.29, 0.717) is 36.1 Å². The molecule has 0 saturated carbocycles. The number of amides is 2. The fourth-order valence-electron chi connectivity index (χ4n) is 6.84. The Balaban J connectivity index is 1.28. The molecule has 5 rings (SSSR count). The molecule has 194 valence electrons. The summed E-state index contributed by atoms with van der Waals surface area (Å²) in [5.41, 5.74) is 5.72. The average Bonchev–Trinajstić information content (AvgIpc) is 3.01. The molecule has 2 amide bonds. The predicted molar refractivity (Wildman–Crippen MR) is 151 cm³/mol. The van der Waals surface area contributed by atoms with Crippen LogP contribution in [0.4, 0.5) is 0 Å². The molecule has 2 saturated heterocycles. The van der Waals surface area contributed by atoms with E-state index in [1.165, 1.54) is 26.7 Å². The van der Waals surface area contributed by atoms with Gasteiger partial charge in [-0.3, -0.25) is 9.59 Å². The van der Waals surface area contributed by atoms with E-state index >= 15 is 0 Å². The summed E-state index contributed by atoms with van der Waals surface area (Å²) < 4.78 is 2.35. The Morgan fingerprint density at radius 2 is 1.69 bits per heavy atom. The molecule has 0 aromatic heterocycles. The minimum atomic E-state index is 0.150. The summed E-state index contributed by atoms with van der Waals surface area (Å²) in [6.07, 6.45) is 11.1. The molecule has 36 heavy (non-hydrogen) atoms. The number of benzene rings is 1. The Hall–Kier alpha value is -1.60. The lowest BCUT2D eigenvalue weighted by atomic mass is 9.73. The number of rotatable bonds is 3. The minimum Gasteiger partial charge on any atom is -0.383 e. The molecule has 1 aliphatic carbocycles. The Labute approximate surface area is 232 Å². The number of fused-ring (bicyclic) bond motifs is 2. The van der Waals surface area contributed by atoms with Gasteiger partial charge >= 0.3 is 0 Å². The van der Waals surface area contributed by atoms with Gasteiger partial charge < -0.3 is 15.1 Å². The van der Waals surface area contributed by atoms with Crippen LogP contribution in [0.5, 0.6) is 0 Å². The Morgan fingerprint density at radius 1 is 1.00 bits per heavy atom. The first-order valence-electron chi connectivity index (χ1n) is 13.4. The first-order chi connectivity index (χ1) is 17.3. The van der Waals surface area contributed by atoms with Crippen molar-refractivity contribution in [1.82, 2.24) is 15.1 Å². The van der Waals surface area contributed by atoms with Crippen molar-refractivity contribution in [3.8, 4) is 0 Å². The quantitative estimate of drug-likeness (QED) is 0.465. The van der Waals surface area contributed by atoms with Crippen LogP contribution >= 0.6 is 31.9 Å². The van der Waals surface area contributed by atoms with Gasteiger partial charge in [-0.1, -0.05) is 22.0 Å². The van der Waals surface area contributed by atoms with Gasteiger partial charge in [0, 0.05) is 60.6 Å². The lowest BCUT2D eigenvalue weighted by Gasteiger charge is -2.41. The van der Waals surface area contributed by atoms with Crippen molar-refractivity contribution < 1.29 is 9.59 Å². The number of dihydropyridines is 1. The zero-order valence-electron chi connectivity index (χ0n) is 21.4. The standard InChI is InChI=1S/C29H37Br2N3O2/c1-18-13-22-3-4-23-16-24(30)17-32-29(23)28(27(22)25(31)14-18)21-7-11-34(12-8-21)26(36)15-20-5-9-33(10-6-20)19(2)35/h13-14,16-17,20-21,28-29,32H,3-12,15H2,1-2H3/t28-,29?/m1/s1. The molecule has 4 aliphatic rings. The van der Waals surface area contributed by atoms with Gasteiger partial charge in [-0.05, 0) is 108 Å². The molecule has 0 radical (unpaired) electrons. The van der Waals surface area contributed by atoms with Gasteiger partial charge in [-0.2, -0.15) is 0 Å². The maximum Gasteiger partial charge on any atom is 0.222 e. The summed E-state index contributed by atoms with van der Waals surface area (Å²) in [5, 5.41) is 3.73. The van der Waals surface area contributed by atoms with Crippen LogP contribution in [0.25, 0.3) is 0 Å². The molecule has 1 aromatic carbocycles. The lowest BCUT2D eigenvalue weighted by molar-refractivity contribution is -0.134. The number of carbonyl (C=O) groups is 2. The number of hydrogen-bond donors (Lipinski definition) is 1. The summed E-state index contributed by atoms with van der Waals surface area (Å²) in [6, 6.07) is 4.94. The highest BCUT2D eigenvalue weighted by atomic mass is 79.9. The predicted octanol–water partition coefficient (Wildman–Crippen LogP) is 5.81. The maximum atomic E-state index is 13.2. The van der Waals surface area contributed by atoms with Gasteiger partial charge in [0.1, 0.15) is 0 Å². The van der Waals surface area contributed by atoms with E-state index in [1.54, 1.807) is 6.92 Å². The number of nitrogens with one attached hydrogen (secondary N) is 1. The van der Waals surface area contributed by atoms with E-state index in [9.17, 15) is 9.59 Å². The summed E-state index contributed by atoms with van der Waals surface area (Å²) in [5.74, 6) is 1.76. The smallest absolute Gasteiger partial charge is 0.222 e. The third-order valence-electron chi connectivity index (χ3n) is 8.78. The van der Waals surface area contributed by atoms with Gasteiger partial charge in [-0.25, -0.2) is 0 Å². The topological polar surface area (TPSA) is 52.7 Å². The van der Waals surface area contributed by atoms with Crippen molar-refractivity contribution >= 4 is 43.7 Å². The third kappa shape index (κ3) is 5.47. The van der Waals surface area contributed by atoms with E-state index in [2.05, 4.69) is 73.4 Å². The largest absolute Gasteiger partial charge is 0.383 e. The van der Waals surface area contributed by atoms with Crippen LogP contribution in [-0.4, -0.2) is 53.8 Å². The van der Waals surface area contributed by atoms with Crippen LogP contribution in [0, 0.1) is 18.8 Å². The van der Waals surface area contributed by atoms with Gasteiger partial charge in [0.2, 0.25) is 11.8 Å². The summed E-state index contributed by atoms with van der Waals surface area (Å²) in [6.45, 7) is 7.09. The monoisotopic (exact) mass is 617 g/mol. The zero-order chi connectivity index (χ0) is 25.4.